The molecule has 1 atom stereocenters. The Bertz CT molecular complexity index is 563. The molecule has 0 radical (unpaired) electrons. The third kappa shape index (κ3) is 5.66. The third-order valence-electron chi connectivity index (χ3n) is 3.86. The summed E-state index contributed by atoms with van der Waals surface area (Å²) in [6, 6.07) is 6.20. The van der Waals surface area contributed by atoms with E-state index in [-0.39, 0.29) is 29.0 Å². The Morgan fingerprint density at radius 1 is 1.30 bits per heavy atom. The van der Waals surface area contributed by atoms with Gasteiger partial charge < -0.3 is 10.2 Å². The lowest BCUT2D eigenvalue weighted by Gasteiger charge is -2.19. The maximum absolute atomic E-state index is 12.9. The van der Waals surface area contributed by atoms with E-state index in [1.165, 1.54) is 12.1 Å². The van der Waals surface area contributed by atoms with Gasteiger partial charge in [-0.05, 0) is 23.1 Å². The van der Waals surface area contributed by atoms with E-state index >= 15 is 0 Å². The smallest absolute Gasteiger partial charge is 0.223 e. The fourth-order valence-corrected chi connectivity index (χ4v) is 2.76. The van der Waals surface area contributed by atoms with Crippen LogP contribution in [0, 0.1) is 17.2 Å². The van der Waals surface area contributed by atoms with Crippen molar-refractivity contribution in [1.82, 2.24) is 10.2 Å². The van der Waals surface area contributed by atoms with Crippen LogP contribution in [0.2, 0.25) is 0 Å². The van der Waals surface area contributed by atoms with Gasteiger partial charge in [-0.3, -0.25) is 9.59 Å². The molecule has 2 amide bonds. The first-order chi connectivity index (χ1) is 10.7. The normalized spacial score (nSPS) is 18.3. The minimum atomic E-state index is -0.277. The Hall–Kier alpha value is -1.91. The van der Waals surface area contributed by atoms with Crippen molar-refractivity contribution < 1.29 is 14.0 Å². The highest BCUT2D eigenvalue weighted by molar-refractivity contribution is 5.79. The number of halogens is 1. The third-order valence-corrected chi connectivity index (χ3v) is 3.86. The van der Waals surface area contributed by atoms with Crippen LogP contribution in [0.1, 0.15) is 39.2 Å². The van der Waals surface area contributed by atoms with Gasteiger partial charge in [-0.15, -0.1) is 0 Å². The Balaban J connectivity index is 1.80. The van der Waals surface area contributed by atoms with Gasteiger partial charge in [0.15, 0.2) is 0 Å². The number of benzene rings is 1. The molecule has 4 nitrogen and oxygen atoms in total. The van der Waals surface area contributed by atoms with Crippen LogP contribution < -0.4 is 5.32 Å². The number of carbonyl (C=O) groups is 2. The van der Waals surface area contributed by atoms with E-state index in [4.69, 9.17) is 0 Å². The summed E-state index contributed by atoms with van der Waals surface area (Å²) < 4.78 is 12.9. The van der Waals surface area contributed by atoms with Crippen LogP contribution in [0.5, 0.6) is 0 Å². The molecule has 23 heavy (non-hydrogen) atoms. The van der Waals surface area contributed by atoms with E-state index in [0.29, 0.717) is 32.5 Å². The zero-order chi connectivity index (χ0) is 17.0. The second-order valence-corrected chi connectivity index (χ2v) is 7.51. The summed E-state index contributed by atoms with van der Waals surface area (Å²) in [5, 5.41) is 2.93. The molecule has 0 saturated carbocycles. The predicted molar refractivity (Wildman–Crippen MR) is 87.0 cm³/mol. The van der Waals surface area contributed by atoms with Crippen molar-refractivity contribution in [2.24, 2.45) is 11.3 Å². The quantitative estimate of drug-likeness (QED) is 0.907. The van der Waals surface area contributed by atoms with Crippen LogP contribution >= 0.6 is 0 Å². The molecule has 2 rings (SSSR count). The van der Waals surface area contributed by atoms with Crippen molar-refractivity contribution in [3.8, 4) is 0 Å². The molecule has 0 bridgehead atoms. The molecule has 1 aromatic carbocycles. The number of rotatable bonds is 5. The number of carbonyl (C=O) groups excluding carboxylic acids is 2. The fourth-order valence-electron chi connectivity index (χ4n) is 2.76. The zero-order valence-corrected chi connectivity index (χ0v) is 14.1. The lowest BCUT2D eigenvalue weighted by Crippen LogP contribution is -2.33. The molecule has 0 aliphatic carbocycles. The minimum absolute atomic E-state index is 0.0296. The molecule has 1 aromatic rings. The van der Waals surface area contributed by atoms with Crippen LogP contribution in [-0.2, 0) is 16.1 Å². The Morgan fingerprint density at radius 2 is 1.96 bits per heavy atom. The first kappa shape index (κ1) is 17.4. The molecule has 1 heterocycles. The Labute approximate surface area is 137 Å². The molecule has 1 unspecified atom stereocenters. The number of nitrogens with one attached hydrogen (secondary N) is 1. The molecule has 126 valence electrons. The molecule has 0 spiro atoms. The largest absolute Gasteiger partial charge is 0.356 e. The maximum Gasteiger partial charge on any atom is 0.223 e. The van der Waals surface area contributed by atoms with Gasteiger partial charge in [-0.2, -0.15) is 0 Å². The van der Waals surface area contributed by atoms with E-state index in [1.807, 2.05) is 20.8 Å². The number of amides is 2. The van der Waals surface area contributed by atoms with E-state index in [2.05, 4.69) is 5.32 Å². The van der Waals surface area contributed by atoms with E-state index in [9.17, 15) is 14.0 Å². The van der Waals surface area contributed by atoms with Gasteiger partial charge in [0.1, 0.15) is 5.82 Å². The summed E-state index contributed by atoms with van der Waals surface area (Å²) in [4.78, 5) is 25.7. The van der Waals surface area contributed by atoms with Gasteiger partial charge in [-0.1, -0.05) is 32.9 Å². The first-order valence-corrected chi connectivity index (χ1v) is 8.02. The van der Waals surface area contributed by atoms with Gasteiger partial charge in [0.2, 0.25) is 11.8 Å². The van der Waals surface area contributed by atoms with Gasteiger partial charge in [0.25, 0.3) is 0 Å². The van der Waals surface area contributed by atoms with Crippen molar-refractivity contribution in [3.05, 3.63) is 35.6 Å². The highest BCUT2D eigenvalue weighted by Crippen LogP contribution is 2.21. The van der Waals surface area contributed by atoms with E-state index in [1.54, 1.807) is 17.0 Å². The Morgan fingerprint density at radius 3 is 2.57 bits per heavy atom. The predicted octanol–water partition coefficient (Wildman–Crippen LogP) is 2.73. The molecule has 1 aliphatic rings. The fraction of sp³-hybridized carbons (Fsp3) is 0.556. The Kier molecular flexibility index (Phi) is 5.39. The number of hydrogen-bond acceptors (Lipinski definition) is 2. The van der Waals surface area contributed by atoms with E-state index < -0.39 is 0 Å². The van der Waals surface area contributed by atoms with Crippen molar-refractivity contribution >= 4 is 11.8 Å². The minimum Gasteiger partial charge on any atom is -0.356 e. The summed E-state index contributed by atoms with van der Waals surface area (Å²) in [6.45, 7) is 7.72. The molecule has 5 heteroatoms. The first-order valence-electron chi connectivity index (χ1n) is 8.02. The molecule has 1 saturated heterocycles. The summed E-state index contributed by atoms with van der Waals surface area (Å²) in [5.74, 6) is -0.0147. The molecular weight excluding hydrogens is 295 g/mol. The summed E-state index contributed by atoms with van der Waals surface area (Å²) in [6.07, 6.45) is 0.934. The molecule has 0 aromatic heterocycles. The van der Waals surface area contributed by atoms with Crippen molar-refractivity contribution in [1.29, 1.82) is 0 Å². The van der Waals surface area contributed by atoms with Gasteiger partial charge in [-0.25, -0.2) is 4.39 Å². The maximum atomic E-state index is 12.9. The standard InChI is InChI=1S/C18H25FN2O2/c1-18(2,3)9-16(22)20-10-14-8-17(23)21(12-14)11-13-4-6-15(19)7-5-13/h4-7,14H,8-12H2,1-3H3,(H,20,22). The SMILES string of the molecule is CC(C)(C)CC(=O)NCC1CC(=O)N(Cc2ccc(F)cc2)C1. The van der Waals surface area contributed by atoms with Gasteiger partial charge in [0, 0.05) is 38.4 Å². The second kappa shape index (κ2) is 7.11. The van der Waals surface area contributed by atoms with Crippen LogP contribution in [0.15, 0.2) is 24.3 Å². The van der Waals surface area contributed by atoms with Crippen LogP contribution in [-0.4, -0.2) is 29.8 Å². The van der Waals surface area contributed by atoms with Gasteiger partial charge in [0.05, 0.1) is 0 Å². The average molecular weight is 320 g/mol. The molecule has 1 fully saturated rings. The summed E-state index contributed by atoms with van der Waals surface area (Å²) in [7, 11) is 0. The van der Waals surface area contributed by atoms with Crippen molar-refractivity contribution in [2.45, 2.75) is 40.2 Å². The highest BCUT2D eigenvalue weighted by Gasteiger charge is 2.29. The zero-order valence-electron chi connectivity index (χ0n) is 14.1. The molecule has 1 aliphatic heterocycles. The monoisotopic (exact) mass is 320 g/mol. The molecule has 1 N–H and O–H groups in total. The topological polar surface area (TPSA) is 49.4 Å². The summed E-state index contributed by atoms with van der Waals surface area (Å²) in [5.41, 5.74) is 0.877. The second-order valence-electron chi connectivity index (χ2n) is 7.51. The average Bonchev–Trinajstić information content (AvgIpc) is 2.78. The lowest BCUT2D eigenvalue weighted by molar-refractivity contribution is -0.128. The van der Waals surface area contributed by atoms with Gasteiger partial charge >= 0.3 is 0 Å². The van der Waals surface area contributed by atoms with Crippen LogP contribution in [0.4, 0.5) is 4.39 Å². The van der Waals surface area contributed by atoms with Crippen molar-refractivity contribution in [3.63, 3.8) is 0 Å². The summed E-state index contributed by atoms with van der Waals surface area (Å²) >= 11 is 0. The lowest BCUT2D eigenvalue weighted by atomic mass is 9.92. The van der Waals surface area contributed by atoms with Crippen LogP contribution in [0.25, 0.3) is 0 Å². The molecular formula is C18H25FN2O2. The highest BCUT2D eigenvalue weighted by atomic mass is 19.1. The van der Waals surface area contributed by atoms with E-state index in [0.717, 1.165) is 5.56 Å². The number of nitrogens with zero attached hydrogens (tertiary/aromatic N) is 1. The number of likely N-dealkylation sites (tertiary alicyclic amines) is 1. The van der Waals surface area contributed by atoms with Crippen LogP contribution in [0.3, 0.4) is 0 Å². The number of hydrogen-bond donors (Lipinski definition) is 1. The van der Waals surface area contributed by atoms with Crippen molar-refractivity contribution in [2.75, 3.05) is 13.1 Å².